The first-order valence-electron chi connectivity index (χ1n) is 27.5. The lowest BCUT2D eigenvalue weighted by Crippen LogP contribution is -2.51. The Bertz CT molecular complexity index is 1410. The van der Waals surface area contributed by atoms with Gasteiger partial charge >= 0.3 is 6.09 Å². The smallest absolute Gasteiger partial charge is 0.410 e. The number of allylic oxidation sites excluding steroid dienone is 3. The van der Waals surface area contributed by atoms with Gasteiger partial charge in [-0.25, -0.2) is 4.79 Å². The Kier molecular flexibility index (Phi) is 24.9. The molecule has 8 atom stereocenters. The molecule has 0 spiro atoms. The molecule has 0 aromatic heterocycles. The summed E-state index contributed by atoms with van der Waals surface area (Å²) in [5, 5.41) is 6.06. The van der Waals surface area contributed by atoms with Crippen molar-refractivity contribution < 1.29 is 19.1 Å². The minimum atomic E-state index is -0.388. The Morgan fingerprint density at radius 3 is 2.14 bits per heavy atom. The highest BCUT2D eigenvalue weighted by Gasteiger charge is 2.59. The zero-order valence-corrected chi connectivity index (χ0v) is 42.5. The molecule has 8 nitrogen and oxygen atoms in total. The van der Waals surface area contributed by atoms with Gasteiger partial charge in [0, 0.05) is 32.5 Å². The van der Waals surface area contributed by atoms with Crippen molar-refractivity contribution in [3.05, 3.63) is 23.8 Å². The average Bonchev–Trinajstić information content (AvgIpc) is 3.63. The Morgan fingerprint density at radius 1 is 0.766 bits per heavy atom. The highest BCUT2D eigenvalue weighted by atomic mass is 16.6. The van der Waals surface area contributed by atoms with Gasteiger partial charge in [-0.15, -0.1) is 0 Å². The Morgan fingerprint density at radius 2 is 1.44 bits per heavy atom. The molecule has 4 N–H and O–H groups in total. The van der Waals surface area contributed by atoms with E-state index in [1.807, 2.05) is 0 Å². The van der Waals surface area contributed by atoms with Crippen LogP contribution in [0, 0.1) is 46.3 Å². The topological polar surface area (TPSA) is 114 Å². The van der Waals surface area contributed by atoms with Crippen molar-refractivity contribution in [3.63, 3.8) is 0 Å². The SMILES string of the molecule is CCCCCCCC/C=C\CCCCCCCC(=O)NCCCCN(CC(=O)NCCCCN)C(=O)O[C@H]1CC[C@@]2(C)C(=CC[C@H]3[C@@H]4CC[C@H]([C@H](C)CCCC(C)C)[C@@]4(C)CC[C@@H]32)C1. The van der Waals surface area contributed by atoms with Crippen LogP contribution in [0.25, 0.3) is 0 Å². The van der Waals surface area contributed by atoms with E-state index < -0.39 is 0 Å². The van der Waals surface area contributed by atoms with Gasteiger partial charge in [0.25, 0.3) is 0 Å². The van der Waals surface area contributed by atoms with Crippen LogP contribution in [-0.2, 0) is 14.3 Å². The zero-order chi connectivity index (χ0) is 46.2. The van der Waals surface area contributed by atoms with Gasteiger partial charge in [-0.1, -0.05) is 136 Å². The number of carbonyl (C=O) groups excluding carboxylic acids is 3. The molecule has 0 radical (unpaired) electrons. The highest BCUT2D eigenvalue weighted by Crippen LogP contribution is 2.67. The van der Waals surface area contributed by atoms with Crippen molar-refractivity contribution >= 4 is 17.9 Å². The molecule has 0 saturated heterocycles. The fraction of sp³-hybridized carbons (Fsp3) is 0.875. The Balaban J connectivity index is 1.17. The summed E-state index contributed by atoms with van der Waals surface area (Å²) in [5.74, 6) is 4.75. The number of nitrogens with zero attached hydrogens (tertiary/aromatic N) is 1. The molecule has 64 heavy (non-hydrogen) atoms. The molecule has 4 aliphatic rings. The molecule has 368 valence electrons. The number of amides is 3. The zero-order valence-electron chi connectivity index (χ0n) is 42.5. The Labute approximate surface area is 393 Å². The summed E-state index contributed by atoms with van der Waals surface area (Å²) in [5.41, 5.74) is 7.83. The van der Waals surface area contributed by atoms with Crippen molar-refractivity contribution in [2.24, 2.45) is 52.1 Å². The molecule has 4 aliphatic carbocycles. The van der Waals surface area contributed by atoms with Gasteiger partial charge in [0.15, 0.2) is 0 Å². The fourth-order valence-corrected chi connectivity index (χ4v) is 13.0. The summed E-state index contributed by atoms with van der Waals surface area (Å²) in [6.07, 6.45) is 40.2. The molecule has 0 heterocycles. The second-order valence-corrected chi connectivity index (χ2v) is 22.2. The monoisotopic (exact) mass is 893 g/mol. The van der Waals surface area contributed by atoms with Crippen LogP contribution < -0.4 is 16.4 Å². The van der Waals surface area contributed by atoms with Crippen molar-refractivity contribution in [1.29, 1.82) is 0 Å². The van der Waals surface area contributed by atoms with Gasteiger partial charge in [0.2, 0.25) is 11.8 Å². The molecule has 0 aliphatic heterocycles. The molecule has 0 aromatic carbocycles. The maximum atomic E-state index is 13.8. The molecule has 4 rings (SSSR count). The number of hydrogen-bond acceptors (Lipinski definition) is 5. The Hall–Kier alpha value is -2.35. The number of fused-ring (bicyclic) bond motifs is 5. The van der Waals surface area contributed by atoms with Gasteiger partial charge in [-0.3, -0.25) is 14.5 Å². The largest absolute Gasteiger partial charge is 0.446 e. The lowest BCUT2D eigenvalue weighted by atomic mass is 9.47. The van der Waals surface area contributed by atoms with Crippen LogP contribution in [0.3, 0.4) is 0 Å². The summed E-state index contributed by atoms with van der Waals surface area (Å²) < 4.78 is 6.29. The molecule has 8 heteroatoms. The molecule has 0 bridgehead atoms. The summed E-state index contributed by atoms with van der Waals surface area (Å²) in [4.78, 5) is 41.0. The van der Waals surface area contributed by atoms with Gasteiger partial charge in [-0.2, -0.15) is 0 Å². The second-order valence-electron chi connectivity index (χ2n) is 22.2. The maximum Gasteiger partial charge on any atom is 0.410 e. The summed E-state index contributed by atoms with van der Waals surface area (Å²) in [7, 11) is 0. The number of hydrogen-bond donors (Lipinski definition) is 3. The fourth-order valence-electron chi connectivity index (χ4n) is 13.0. The second kappa shape index (κ2) is 29.4. The van der Waals surface area contributed by atoms with E-state index >= 15 is 0 Å². The van der Waals surface area contributed by atoms with E-state index in [0.717, 1.165) is 86.9 Å². The van der Waals surface area contributed by atoms with Gasteiger partial charge in [-0.05, 0) is 156 Å². The minimum absolute atomic E-state index is 0.0162. The number of rotatable bonds is 32. The van der Waals surface area contributed by atoms with E-state index in [0.29, 0.717) is 44.4 Å². The van der Waals surface area contributed by atoms with Crippen LogP contribution >= 0.6 is 0 Å². The first-order valence-corrected chi connectivity index (χ1v) is 27.5. The summed E-state index contributed by atoms with van der Waals surface area (Å²) >= 11 is 0. The van der Waals surface area contributed by atoms with Gasteiger partial charge in [0.1, 0.15) is 12.6 Å². The van der Waals surface area contributed by atoms with E-state index in [1.54, 1.807) is 4.90 Å². The van der Waals surface area contributed by atoms with E-state index in [9.17, 15) is 14.4 Å². The average molecular weight is 893 g/mol. The standard InChI is InChI=1S/C56H100N4O4/c1-7-8-9-10-11-12-13-14-15-16-17-18-19-20-21-29-52(61)58-40-24-25-41-60(43-53(62)59-39-23-22-38-57)54(63)64-47-34-36-55(5)46(42-47)30-31-48-50-33-32-49(45(4)28-26-27-44(2)3)56(50,6)37-35-51(48)55/h14-15,30,44-45,47-51H,7-13,16-29,31-43,57H2,1-6H3,(H,58,61)(H,59,62)/b15-14-/t45-,47+,48+,49-,50+,51+,55+,56-/m1/s1. The number of carbonyl (C=O) groups is 3. The molecular weight excluding hydrogens is 793 g/mol. The van der Waals surface area contributed by atoms with Crippen LogP contribution in [-0.4, -0.2) is 61.6 Å². The van der Waals surface area contributed by atoms with Crippen molar-refractivity contribution in [2.75, 3.05) is 32.7 Å². The lowest BCUT2D eigenvalue weighted by Gasteiger charge is -2.58. The van der Waals surface area contributed by atoms with E-state index in [-0.39, 0.29) is 36.0 Å². The highest BCUT2D eigenvalue weighted by molar-refractivity contribution is 5.82. The third kappa shape index (κ3) is 17.4. The number of unbranched alkanes of at least 4 members (excludes halogenated alkanes) is 13. The number of nitrogens with two attached hydrogens (primary N) is 1. The van der Waals surface area contributed by atoms with Crippen molar-refractivity contribution in [1.82, 2.24) is 15.5 Å². The van der Waals surface area contributed by atoms with Crippen LogP contribution in [0.4, 0.5) is 4.79 Å². The first kappa shape index (κ1) is 54.3. The van der Waals surface area contributed by atoms with Crippen molar-refractivity contribution in [3.8, 4) is 0 Å². The molecule has 3 amide bonds. The van der Waals surface area contributed by atoms with Crippen molar-refractivity contribution in [2.45, 2.75) is 234 Å². The van der Waals surface area contributed by atoms with Gasteiger partial charge < -0.3 is 21.1 Å². The molecule has 0 unspecified atom stereocenters. The van der Waals surface area contributed by atoms with Crippen LogP contribution in [0.1, 0.15) is 228 Å². The van der Waals surface area contributed by atoms with Gasteiger partial charge in [0.05, 0.1) is 0 Å². The molecule has 3 fully saturated rings. The third-order valence-corrected chi connectivity index (χ3v) is 16.9. The van der Waals surface area contributed by atoms with Crippen LogP contribution in [0.15, 0.2) is 23.8 Å². The van der Waals surface area contributed by atoms with E-state index in [1.165, 1.54) is 128 Å². The third-order valence-electron chi connectivity index (χ3n) is 16.9. The molecular formula is C56H100N4O4. The number of nitrogens with one attached hydrogen (secondary N) is 2. The normalized spacial score (nSPS) is 26.8. The minimum Gasteiger partial charge on any atom is -0.446 e. The molecule has 3 saturated carbocycles. The van der Waals surface area contributed by atoms with Crippen LogP contribution in [0.2, 0.25) is 0 Å². The van der Waals surface area contributed by atoms with E-state index in [2.05, 4.69) is 70.4 Å². The van der Waals surface area contributed by atoms with Crippen LogP contribution in [0.5, 0.6) is 0 Å². The maximum absolute atomic E-state index is 13.8. The summed E-state index contributed by atoms with van der Waals surface area (Å²) in [6.45, 7) is 16.9. The van der Waals surface area contributed by atoms with E-state index in [4.69, 9.17) is 10.5 Å². The first-order chi connectivity index (χ1) is 30.9. The lowest BCUT2D eigenvalue weighted by molar-refractivity contribution is -0.122. The molecule has 0 aromatic rings. The predicted molar refractivity (Wildman–Crippen MR) is 268 cm³/mol. The summed E-state index contributed by atoms with van der Waals surface area (Å²) in [6, 6.07) is 0. The predicted octanol–water partition coefficient (Wildman–Crippen LogP) is 13.6. The quantitative estimate of drug-likeness (QED) is 0.0460. The number of ether oxygens (including phenoxy) is 1.